The zero-order valence-corrected chi connectivity index (χ0v) is 18.6. The molecule has 4 aromatic heterocycles. The van der Waals surface area contributed by atoms with Crippen molar-refractivity contribution in [1.82, 2.24) is 29.4 Å². The second-order valence-corrected chi connectivity index (χ2v) is 7.99. The number of primary amides is 1. The minimum absolute atomic E-state index is 0.146. The fourth-order valence-corrected chi connectivity index (χ4v) is 3.71. The highest BCUT2D eigenvalue weighted by molar-refractivity contribution is 5.93. The number of carbonyl (C=O) groups is 1. The number of aromatic nitrogens is 6. The molecule has 4 heterocycles. The van der Waals surface area contributed by atoms with E-state index in [9.17, 15) is 13.6 Å². The molecule has 10 heteroatoms. The quantitative estimate of drug-likeness (QED) is 0.422. The molecule has 33 heavy (non-hydrogen) atoms. The van der Waals surface area contributed by atoms with Gasteiger partial charge in [-0.2, -0.15) is 10.2 Å². The SMILES string of the molecule is CCC(C)c1nc2cc(-c3cnn(C(CC)c4ccc(C(F)F)nc4)c3)cc(C(N)=O)n2n1. The summed E-state index contributed by atoms with van der Waals surface area (Å²) in [5.41, 5.74) is 8.40. The van der Waals surface area contributed by atoms with E-state index in [0.29, 0.717) is 17.9 Å². The largest absolute Gasteiger partial charge is 0.364 e. The highest BCUT2D eigenvalue weighted by Crippen LogP contribution is 2.28. The van der Waals surface area contributed by atoms with Crippen LogP contribution in [0.4, 0.5) is 8.78 Å². The van der Waals surface area contributed by atoms with Gasteiger partial charge in [-0.1, -0.05) is 26.8 Å². The lowest BCUT2D eigenvalue weighted by Gasteiger charge is -2.16. The molecule has 0 spiro atoms. The third-order valence-electron chi connectivity index (χ3n) is 5.82. The van der Waals surface area contributed by atoms with Crippen molar-refractivity contribution in [1.29, 1.82) is 0 Å². The number of rotatable bonds is 8. The zero-order valence-electron chi connectivity index (χ0n) is 18.6. The lowest BCUT2D eigenvalue weighted by atomic mass is 10.1. The maximum atomic E-state index is 12.8. The molecule has 4 rings (SSSR count). The summed E-state index contributed by atoms with van der Waals surface area (Å²) in [7, 11) is 0. The van der Waals surface area contributed by atoms with Crippen molar-refractivity contribution in [3.63, 3.8) is 0 Å². The van der Waals surface area contributed by atoms with Crippen molar-refractivity contribution < 1.29 is 13.6 Å². The highest BCUT2D eigenvalue weighted by Gasteiger charge is 2.19. The number of carbonyl (C=O) groups excluding carboxylic acids is 1. The van der Waals surface area contributed by atoms with Gasteiger partial charge in [0.25, 0.3) is 12.3 Å². The van der Waals surface area contributed by atoms with Gasteiger partial charge in [0.2, 0.25) is 0 Å². The second-order valence-electron chi connectivity index (χ2n) is 7.99. The van der Waals surface area contributed by atoms with E-state index in [0.717, 1.165) is 23.1 Å². The molecule has 1 amide bonds. The summed E-state index contributed by atoms with van der Waals surface area (Å²) in [6.07, 6.45) is 3.94. The Morgan fingerprint density at radius 2 is 1.91 bits per heavy atom. The molecule has 8 nitrogen and oxygen atoms in total. The van der Waals surface area contributed by atoms with Crippen LogP contribution < -0.4 is 5.73 Å². The molecule has 2 N–H and O–H groups in total. The Balaban J connectivity index is 1.72. The van der Waals surface area contributed by atoms with Crippen LogP contribution in [0.25, 0.3) is 16.8 Å². The van der Waals surface area contributed by atoms with Crippen LogP contribution >= 0.6 is 0 Å². The molecule has 172 valence electrons. The first-order valence-corrected chi connectivity index (χ1v) is 10.8. The van der Waals surface area contributed by atoms with E-state index < -0.39 is 12.3 Å². The van der Waals surface area contributed by atoms with Crippen molar-refractivity contribution >= 4 is 11.6 Å². The molecule has 0 aliphatic heterocycles. The Morgan fingerprint density at radius 1 is 1.12 bits per heavy atom. The predicted octanol–water partition coefficient (Wildman–Crippen LogP) is 4.54. The molecule has 2 atom stereocenters. The van der Waals surface area contributed by atoms with Crippen molar-refractivity contribution in [3.8, 4) is 11.1 Å². The van der Waals surface area contributed by atoms with Crippen LogP contribution in [0, 0.1) is 0 Å². The number of hydrogen-bond donors (Lipinski definition) is 1. The van der Waals surface area contributed by atoms with E-state index in [1.54, 1.807) is 23.0 Å². The first kappa shape index (κ1) is 22.5. The van der Waals surface area contributed by atoms with Crippen LogP contribution in [-0.2, 0) is 0 Å². The normalized spacial score (nSPS) is 13.5. The smallest absolute Gasteiger partial charge is 0.280 e. The van der Waals surface area contributed by atoms with Crippen LogP contribution in [0.2, 0.25) is 0 Å². The number of pyridine rings is 2. The molecule has 0 saturated carbocycles. The van der Waals surface area contributed by atoms with Gasteiger partial charge in [0.05, 0.1) is 12.2 Å². The van der Waals surface area contributed by atoms with Gasteiger partial charge in [-0.3, -0.25) is 14.5 Å². The molecule has 0 bridgehead atoms. The van der Waals surface area contributed by atoms with Crippen molar-refractivity contribution in [3.05, 3.63) is 65.6 Å². The molecule has 0 aliphatic carbocycles. The van der Waals surface area contributed by atoms with Gasteiger partial charge in [0, 0.05) is 23.9 Å². The van der Waals surface area contributed by atoms with E-state index in [1.807, 2.05) is 33.0 Å². The topological polar surface area (TPSA) is 104 Å². The average Bonchev–Trinajstić information content (AvgIpc) is 3.46. The molecular weight excluding hydrogens is 428 g/mol. The van der Waals surface area contributed by atoms with Crippen LogP contribution in [-0.4, -0.2) is 35.3 Å². The van der Waals surface area contributed by atoms with Gasteiger partial charge in [0.15, 0.2) is 11.5 Å². The Kier molecular flexibility index (Phi) is 6.17. The summed E-state index contributed by atoms with van der Waals surface area (Å²) in [6.45, 7) is 6.06. The van der Waals surface area contributed by atoms with Gasteiger partial charge in [-0.05, 0) is 42.2 Å². The first-order chi connectivity index (χ1) is 15.8. The first-order valence-electron chi connectivity index (χ1n) is 10.8. The molecular formula is C23H25F2N7O. The highest BCUT2D eigenvalue weighted by atomic mass is 19.3. The maximum absolute atomic E-state index is 12.8. The number of alkyl halides is 2. The third-order valence-corrected chi connectivity index (χ3v) is 5.82. The molecule has 0 aromatic carbocycles. The molecule has 0 aliphatic rings. The molecule has 0 saturated heterocycles. The number of hydrogen-bond acceptors (Lipinski definition) is 5. The minimum Gasteiger partial charge on any atom is -0.364 e. The van der Waals surface area contributed by atoms with Gasteiger partial charge >= 0.3 is 0 Å². The summed E-state index contributed by atoms with van der Waals surface area (Å²) >= 11 is 0. The summed E-state index contributed by atoms with van der Waals surface area (Å²) in [6, 6.07) is 6.31. The minimum atomic E-state index is -2.61. The standard InChI is InChI=1S/C23H25F2N7O/c1-4-13(3)23-29-20-9-15(8-19(22(26)33)32(20)30-23)16-11-28-31(12-16)18(5-2)14-6-7-17(21(24)25)27-10-14/h6-13,18,21H,4-5H2,1-3H3,(H2,26,33). The lowest BCUT2D eigenvalue weighted by Crippen LogP contribution is -2.16. The monoisotopic (exact) mass is 453 g/mol. The number of amides is 1. The number of fused-ring (bicyclic) bond motifs is 1. The van der Waals surface area contributed by atoms with Crippen LogP contribution in [0.15, 0.2) is 42.9 Å². The van der Waals surface area contributed by atoms with Crippen LogP contribution in [0.1, 0.15) is 79.6 Å². The van der Waals surface area contributed by atoms with Gasteiger partial charge < -0.3 is 5.73 Å². The summed E-state index contributed by atoms with van der Waals surface area (Å²) in [4.78, 5) is 20.6. The molecule has 0 fully saturated rings. The Labute approximate surface area is 189 Å². The van der Waals surface area contributed by atoms with Gasteiger partial charge in [0.1, 0.15) is 11.4 Å². The molecule has 2 unspecified atom stereocenters. The Bertz CT molecular complexity index is 1280. The fourth-order valence-electron chi connectivity index (χ4n) is 3.71. The Hall–Kier alpha value is -3.69. The van der Waals surface area contributed by atoms with Gasteiger partial charge in [-0.15, -0.1) is 0 Å². The number of nitrogens with two attached hydrogens (primary N) is 1. The van der Waals surface area contributed by atoms with Crippen molar-refractivity contribution in [2.45, 2.75) is 52.0 Å². The lowest BCUT2D eigenvalue weighted by molar-refractivity contribution is 0.0993. The zero-order chi connectivity index (χ0) is 23.7. The predicted molar refractivity (Wildman–Crippen MR) is 119 cm³/mol. The van der Waals surface area contributed by atoms with E-state index in [2.05, 4.69) is 20.2 Å². The van der Waals surface area contributed by atoms with Crippen molar-refractivity contribution in [2.24, 2.45) is 5.73 Å². The number of halogens is 2. The molecule has 4 aromatic rings. The second kappa shape index (κ2) is 9.05. The number of nitrogens with zero attached hydrogens (tertiary/aromatic N) is 6. The fraction of sp³-hybridized carbons (Fsp3) is 0.348. The maximum Gasteiger partial charge on any atom is 0.280 e. The van der Waals surface area contributed by atoms with Gasteiger partial charge in [-0.25, -0.2) is 18.3 Å². The average molecular weight is 453 g/mol. The van der Waals surface area contributed by atoms with E-state index >= 15 is 0 Å². The van der Waals surface area contributed by atoms with E-state index in [1.165, 1.54) is 16.8 Å². The molecule has 0 radical (unpaired) electrons. The van der Waals surface area contributed by atoms with Crippen LogP contribution in [0.5, 0.6) is 0 Å². The Morgan fingerprint density at radius 3 is 2.52 bits per heavy atom. The summed E-state index contributed by atoms with van der Waals surface area (Å²) in [5, 5.41) is 8.95. The van der Waals surface area contributed by atoms with E-state index in [-0.39, 0.29) is 23.3 Å². The van der Waals surface area contributed by atoms with Crippen molar-refractivity contribution in [2.75, 3.05) is 0 Å². The third kappa shape index (κ3) is 4.33. The summed E-state index contributed by atoms with van der Waals surface area (Å²) < 4.78 is 28.9. The summed E-state index contributed by atoms with van der Waals surface area (Å²) in [5.74, 6) is 0.192. The van der Waals surface area contributed by atoms with E-state index in [4.69, 9.17) is 5.73 Å². The van der Waals surface area contributed by atoms with Crippen LogP contribution in [0.3, 0.4) is 0 Å².